The Morgan fingerprint density at radius 2 is 1.92 bits per heavy atom. The van der Waals surface area contributed by atoms with Crippen molar-refractivity contribution < 1.29 is 8.42 Å². The summed E-state index contributed by atoms with van der Waals surface area (Å²) in [6.45, 7) is 0.770. The number of nitriles is 1. The lowest BCUT2D eigenvalue weighted by Crippen LogP contribution is -2.18. The molecule has 0 saturated carbocycles. The van der Waals surface area contributed by atoms with E-state index < -0.39 is 9.84 Å². The van der Waals surface area contributed by atoms with Crippen LogP contribution in [-0.2, 0) is 9.84 Å². The van der Waals surface area contributed by atoms with Crippen molar-refractivity contribution in [3.05, 3.63) is 0 Å². The quantitative estimate of drug-likeness (QED) is 0.623. The molecule has 0 aromatic carbocycles. The third-order valence-electron chi connectivity index (χ3n) is 1.59. The van der Waals surface area contributed by atoms with Gasteiger partial charge < -0.3 is 4.90 Å². The predicted octanol–water partition coefficient (Wildman–Crippen LogP) is 0.267. The van der Waals surface area contributed by atoms with Crippen molar-refractivity contribution in [3.63, 3.8) is 0 Å². The molecule has 4 nitrogen and oxygen atoms in total. The molecular formula is C8H16N2O2S. The molecule has 0 atom stereocenters. The summed E-state index contributed by atoms with van der Waals surface area (Å²) in [4.78, 5) is 1.94. The SMILES string of the molecule is CN(C)CCCS(=O)(=O)CCC#N. The van der Waals surface area contributed by atoms with E-state index in [9.17, 15) is 8.42 Å². The molecule has 13 heavy (non-hydrogen) atoms. The summed E-state index contributed by atoms with van der Waals surface area (Å²) in [7, 11) is 0.821. The van der Waals surface area contributed by atoms with Crippen LogP contribution in [0, 0.1) is 11.3 Å². The highest BCUT2D eigenvalue weighted by atomic mass is 32.2. The molecule has 0 unspecified atom stereocenters. The van der Waals surface area contributed by atoms with Gasteiger partial charge in [-0.3, -0.25) is 0 Å². The van der Waals surface area contributed by atoms with Crippen LogP contribution in [0.25, 0.3) is 0 Å². The molecule has 0 radical (unpaired) electrons. The van der Waals surface area contributed by atoms with Crippen LogP contribution in [0.15, 0.2) is 0 Å². The smallest absolute Gasteiger partial charge is 0.151 e. The van der Waals surface area contributed by atoms with E-state index >= 15 is 0 Å². The fraction of sp³-hybridized carbons (Fsp3) is 0.875. The summed E-state index contributed by atoms with van der Waals surface area (Å²) in [5.74, 6) is 0.184. The zero-order valence-corrected chi connectivity index (χ0v) is 8.97. The molecule has 5 heteroatoms. The van der Waals surface area contributed by atoms with Crippen molar-refractivity contribution in [3.8, 4) is 6.07 Å². The standard InChI is InChI=1S/C8H16N2O2S/c1-10(2)6-4-8-13(11,12)7-3-5-9/h3-4,6-8H2,1-2H3. The van der Waals surface area contributed by atoms with Crippen LogP contribution >= 0.6 is 0 Å². The maximum absolute atomic E-state index is 11.2. The minimum atomic E-state index is -2.99. The molecule has 0 saturated heterocycles. The van der Waals surface area contributed by atoms with Gasteiger partial charge in [-0.25, -0.2) is 8.42 Å². The van der Waals surface area contributed by atoms with Crippen LogP contribution in [0.4, 0.5) is 0 Å². The van der Waals surface area contributed by atoms with E-state index in [1.165, 1.54) is 0 Å². The zero-order valence-electron chi connectivity index (χ0n) is 8.15. The van der Waals surface area contributed by atoms with Crippen LogP contribution in [-0.4, -0.2) is 45.5 Å². The van der Waals surface area contributed by atoms with Crippen LogP contribution in [0.2, 0.25) is 0 Å². The monoisotopic (exact) mass is 204 g/mol. The zero-order chi connectivity index (χ0) is 10.3. The molecule has 76 valence electrons. The topological polar surface area (TPSA) is 61.2 Å². The maximum atomic E-state index is 11.2. The summed E-state index contributed by atoms with van der Waals surface area (Å²) in [6.07, 6.45) is 0.741. The lowest BCUT2D eigenvalue weighted by Gasteiger charge is -2.08. The van der Waals surface area contributed by atoms with Crippen LogP contribution in [0.1, 0.15) is 12.8 Å². The summed E-state index contributed by atoms with van der Waals surface area (Å²) in [5, 5.41) is 8.22. The Morgan fingerprint density at radius 1 is 1.31 bits per heavy atom. The number of hydrogen-bond acceptors (Lipinski definition) is 4. The Balaban J connectivity index is 3.72. The fourth-order valence-electron chi connectivity index (χ4n) is 0.904. The second-order valence-corrected chi connectivity index (χ2v) is 5.52. The molecule has 0 aliphatic carbocycles. The summed E-state index contributed by atoms with van der Waals surface area (Å²) in [5.41, 5.74) is 0. The van der Waals surface area contributed by atoms with E-state index in [4.69, 9.17) is 5.26 Å². The van der Waals surface area contributed by atoms with Gasteiger partial charge in [-0.2, -0.15) is 5.26 Å². The van der Waals surface area contributed by atoms with Gasteiger partial charge in [0.2, 0.25) is 0 Å². The molecule has 0 aromatic rings. The molecule has 0 fully saturated rings. The van der Waals surface area contributed by atoms with E-state index in [2.05, 4.69) is 0 Å². The first kappa shape index (κ1) is 12.4. The van der Waals surface area contributed by atoms with E-state index in [-0.39, 0.29) is 17.9 Å². The lowest BCUT2D eigenvalue weighted by atomic mass is 10.5. The lowest BCUT2D eigenvalue weighted by molar-refractivity contribution is 0.408. The molecule has 0 aromatic heterocycles. The molecular weight excluding hydrogens is 188 g/mol. The van der Waals surface area contributed by atoms with Crippen molar-refractivity contribution in [2.75, 3.05) is 32.1 Å². The van der Waals surface area contributed by atoms with Crippen LogP contribution in [0.3, 0.4) is 0 Å². The molecule has 0 spiro atoms. The van der Waals surface area contributed by atoms with E-state index in [1.54, 1.807) is 0 Å². The van der Waals surface area contributed by atoms with E-state index in [1.807, 2.05) is 25.1 Å². The normalized spacial score (nSPS) is 11.5. The molecule has 0 amide bonds. The minimum Gasteiger partial charge on any atom is -0.309 e. The number of rotatable bonds is 6. The first-order valence-corrected chi connectivity index (χ1v) is 6.02. The number of sulfone groups is 1. The highest BCUT2D eigenvalue weighted by Crippen LogP contribution is 1.97. The third kappa shape index (κ3) is 7.75. The second-order valence-electron chi connectivity index (χ2n) is 3.22. The molecule has 0 heterocycles. The molecule has 0 rings (SSSR count). The molecule has 0 aliphatic rings. The molecule has 0 aliphatic heterocycles. The van der Waals surface area contributed by atoms with Crippen molar-refractivity contribution in [1.29, 1.82) is 5.26 Å². The Kier molecular flexibility index (Phi) is 5.67. The average Bonchev–Trinajstić information content (AvgIpc) is 2.00. The van der Waals surface area contributed by atoms with Crippen molar-refractivity contribution in [1.82, 2.24) is 4.90 Å². The highest BCUT2D eigenvalue weighted by Gasteiger charge is 2.09. The van der Waals surface area contributed by atoms with Gasteiger partial charge in [0.15, 0.2) is 9.84 Å². The summed E-state index contributed by atoms with van der Waals surface area (Å²) < 4.78 is 22.4. The number of hydrogen-bond donors (Lipinski definition) is 0. The highest BCUT2D eigenvalue weighted by molar-refractivity contribution is 7.91. The van der Waals surface area contributed by atoms with Gasteiger partial charge in [0, 0.05) is 6.42 Å². The Bertz CT molecular complexity index is 264. The van der Waals surface area contributed by atoms with Gasteiger partial charge in [-0.05, 0) is 27.1 Å². The van der Waals surface area contributed by atoms with Gasteiger partial charge in [-0.1, -0.05) is 0 Å². The third-order valence-corrected chi connectivity index (χ3v) is 3.32. The Labute approximate surface area is 80.1 Å². The predicted molar refractivity (Wildman–Crippen MR) is 52.1 cm³/mol. The van der Waals surface area contributed by atoms with Crippen LogP contribution in [0.5, 0.6) is 0 Å². The van der Waals surface area contributed by atoms with E-state index in [0.29, 0.717) is 6.42 Å². The van der Waals surface area contributed by atoms with Gasteiger partial charge in [-0.15, -0.1) is 0 Å². The van der Waals surface area contributed by atoms with Crippen molar-refractivity contribution in [2.45, 2.75) is 12.8 Å². The summed E-state index contributed by atoms with van der Waals surface area (Å²) >= 11 is 0. The van der Waals surface area contributed by atoms with Gasteiger partial charge in [0.05, 0.1) is 17.6 Å². The molecule has 0 bridgehead atoms. The van der Waals surface area contributed by atoms with Crippen molar-refractivity contribution >= 4 is 9.84 Å². The van der Waals surface area contributed by atoms with Gasteiger partial charge >= 0.3 is 0 Å². The second kappa shape index (κ2) is 5.95. The number of nitrogens with zero attached hydrogens (tertiary/aromatic N) is 2. The maximum Gasteiger partial charge on any atom is 0.151 e. The molecule has 0 N–H and O–H groups in total. The van der Waals surface area contributed by atoms with E-state index in [0.717, 1.165) is 6.54 Å². The van der Waals surface area contributed by atoms with Crippen molar-refractivity contribution in [2.24, 2.45) is 0 Å². The first-order chi connectivity index (χ1) is 5.98. The summed E-state index contributed by atoms with van der Waals surface area (Å²) in [6, 6.07) is 1.83. The van der Waals surface area contributed by atoms with Gasteiger partial charge in [0.1, 0.15) is 0 Å². The van der Waals surface area contributed by atoms with Gasteiger partial charge in [0.25, 0.3) is 0 Å². The Hall–Kier alpha value is -0.600. The first-order valence-electron chi connectivity index (χ1n) is 4.20. The average molecular weight is 204 g/mol. The Morgan fingerprint density at radius 3 is 2.38 bits per heavy atom. The fourth-order valence-corrected chi connectivity index (χ4v) is 2.08. The largest absolute Gasteiger partial charge is 0.309 e. The van der Waals surface area contributed by atoms with Crippen LogP contribution < -0.4 is 0 Å². The minimum absolute atomic E-state index is 0.00305.